The van der Waals surface area contributed by atoms with Crippen LogP contribution in [-0.2, 0) is 19.9 Å². The van der Waals surface area contributed by atoms with E-state index in [1.165, 1.54) is 15.6 Å². The van der Waals surface area contributed by atoms with Crippen molar-refractivity contribution in [1.82, 2.24) is 4.31 Å². The van der Waals surface area contributed by atoms with Gasteiger partial charge in [0.15, 0.2) is 9.84 Å². The predicted molar refractivity (Wildman–Crippen MR) is 85.0 cm³/mol. The van der Waals surface area contributed by atoms with Crippen LogP contribution in [0.2, 0.25) is 0 Å². The molecule has 0 radical (unpaired) electrons. The van der Waals surface area contributed by atoms with Crippen molar-refractivity contribution in [2.24, 2.45) is 0 Å². The van der Waals surface area contributed by atoms with Gasteiger partial charge in [-0.3, -0.25) is 0 Å². The number of nitrogens with zero attached hydrogens (tertiary/aromatic N) is 1. The second kappa shape index (κ2) is 5.98. The number of hydrogen-bond donors (Lipinski definition) is 0. The van der Waals surface area contributed by atoms with Crippen molar-refractivity contribution in [3.05, 3.63) is 15.8 Å². The third-order valence-electron chi connectivity index (χ3n) is 3.64. The number of thiophene rings is 1. The van der Waals surface area contributed by atoms with E-state index in [1.807, 2.05) is 13.8 Å². The Morgan fingerprint density at radius 1 is 1.38 bits per heavy atom. The number of rotatable bonds is 5. The van der Waals surface area contributed by atoms with Gasteiger partial charge in [-0.05, 0) is 32.8 Å². The summed E-state index contributed by atoms with van der Waals surface area (Å²) in [5.41, 5.74) is 0. The van der Waals surface area contributed by atoms with Gasteiger partial charge in [-0.15, -0.1) is 11.3 Å². The molecule has 1 aromatic heterocycles. The molecule has 0 bridgehead atoms. The first-order valence-corrected chi connectivity index (χ1v) is 11.0. The van der Waals surface area contributed by atoms with Crippen molar-refractivity contribution >= 4 is 31.2 Å². The van der Waals surface area contributed by atoms with Gasteiger partial charge in [-0.25, -0.2) is 16.8 Å². The molecule has 1 aliphatic rings. The first-order valence-electron chi connectivity index (χ1n) is 6.96. The predicted octanol–water partition coefficient (Wildman–Crippen LogP) is 1.95. The van der Waals surface area contributed by atoms with Crippen molar-refractivity contribution in [3.63, 3.8) is 0 Å². The Hall–Kier alpha value is -0.440. The smallest absolute Gasteiger partial charge is 0.229 e. The zero-order valence-electron chi connectivity index (χ0n) is 12.5. The van der Waals surface area contributed by atoms with Gasteiger partial charge in [-0.2, -0.15) is 4.31 Å². The molecule has 0 amide bonds. The van der Waals surface area contributed by atoms with Crippen LogP contribution in [0.3, 0.4) is 0 Å². The third-order valence-corrected chi connectivity index (χ3v) is 8.57. The molecule has 0 saturated carbocycles. The highest BCUT2D eigenvalue weighted by Crippen LogP contribution is 2.31. The summed E-state index contributed by atoms with van der Waals surface area (Å²) in [5, 5.41) is 0. The van der Waals surface area contributed by atoms with E-state index in [0.29, 0.717) is 24.3 Å². The summed E-state index contributed by atoms with van der Waals surface area (Å²) in [6.45, 7) is 5.93. The maximum atomic E-state index is 12.9. The van der Waals surface area contributed by atoms with Crippen LogP contribution < -0.4 is 0 Å². The highest BCUT2D eigenvalue weighted by molar-refractivity contribution is 7.92. The lowest BCUT2D eigenvalue weighted by atomic mass is 10.2. The minimum atomic E-state index is -3.63. The molecule has 8 heteroatoms. The highest BCUT2D eigenvalue weighted by atomic mass is 32.2. The van der Waals surface area contributed by atoms with Crippen LogP contribution in [0.4, 0.5) is 0 Å². The van der Waals surface area contributed by atoms with Gasteiger partial charge in [0.2, 0.25) is 10.0 Å². The Labute approximate surface area is 130 Å². The first kappa shape index (κ1) is 16.9. The summed E-state index contributed by atoms with van der Waals surface area (Å²) in [4.78, 5) is 2.03. The number of sulfonamides is 1. The summed E-state index contributed by atoms with van der Waals surface area (Å²) in [5.74, 6) is 0.0173. The van der Waals surface area contributed by atoms with Crippen LogP contribution in [-0.4, -0.2) is 45.2 Å². The van der Waals surface area contributed by atoms with Crippen molar-refractivity contribution < 1.29 is 16.8 Å². The van der Waals surface area contributed by atoms with Crippen LogP contribution >= 0.6 is 11.3 Å². The Kier molecular flexibility index (Phi) is 4.82. The topological polar surface area (TPSA) is 71.5 Å². The molecular formula is C13H21NO4S3. The van der Waals surface area contributed by atoms with Crippen LogP contribution in [0.15, 0.2) is 11.0 Å². The van der Waals surface area contributed by atoms with E-state index in [9.17, 15) is 16.8 Å². The molecule has 1 atom stereocenters. The number of aryl methyl sites for hydroxylation is 2. The molecule has 2 rings (SSSR count). The Morgan fingerprint density at radius 2 is 2.05 bits per heavy atom. The van der Waals surface area contributed by atoms with Crippen molar-refractivity contribution in [3.8, 4) is 0 Å². The van der Waals surface area contributed by atoms with Gasteiger partial charge < -0.3 is 0 Å². The maximum Gasteiger partial charge on any atom is 0.244 e. The fourth-order valence-corrected chi connectivity index (χ4v) is 7.81. The van der Waals surface area contributed by atoms with E-state index in [0.717, 1.165) is 9.75 Å². The summed E-state index contributed by atoms with van der Waals surface area (Å²) in [6, 6.07) is 1.25. The molecule has 2 heterocycles. The first-order chi connectivity index (χ1) is 9.67. The molecule has 0 aliphatic carbocycles. The van der Waals surface area contributed by atoms with Gasteiger partial charge in [-0.1, -0.05) is 6.92 Å². The van der Waals surface area contributed by atoms with E-state index in [1.54, 1.807) is 13.0 Å². The van der Waals surface area contributed by atoms with Crippen LogP contribution in [0.25, 0.3) is 0 Å². The molecule has 1 unspecified atom stereocenters. The quantitative estimate of drug-likeness (QED) is 0.813. The lowest BCUT2D eigenvalue weighted by Crippen LogP contribution is -2.41. The highest BCUT2D eigenvalue weighted by Gasteiger charge is 2.39. The van der Waals surface area contributed by atoms with Crippen molar-refractivity contribution in [2.75, 3.05) is 18.1 Å². The van der Waals surface area contributed by atoms with Gasteiger partial charge in [0, 0.05) is 22.3 Å². The van der Waals surface area contributed by atoms with Crippen molar-refractivity contribution in [1.29, 1.82) is 0 Å². The van der Waals surface area contributed by atoms with Crippen molar-refractivity contribution in [2.45, 2.75) is 44.6 Å². The SMILES string of the molecule is CCCN(C1CCS(=O)(=O)C1)S(=O)(=O)c1cc(C)sc1C. The minimum absolute atomic E-state index is 0.0611. The molecule has 21 heavy (non-hydrogen) atoms. The zero-order valence-corrected chi connectivity index (χ0v) is 14.9. The molecule has 1 fully saturated rings. The lowest BCUT2D eigenvalue weighted by Gasteiger charge is -2.26. The molecule has 5 nitrogen and oxygen atoms in total. The third kappa shape index (κ3) is 3.49. The molecule has 1 aromatic rings. The molecule has 1 aliphatic heterocycles. The molecular weight excluding hydrogens is 330 g/mol. The Bertz CT molecular complexity index is 719. The lowest BCUT2D eigenvalue weighted by molar-refractivity contribution is 0.340. The second-order valence-electron chi connectivity index (χ2n) is 5.45. The Morgan fingerprint density at radius 3 is 2.48 bits per heavy atom. The summed E-state index contributed by atoms with van der Waals surface area (Å²) < 4.78 is 50.5. The van der Waals surface area contributed by atoms with E-state index in [2.05, 4.69) is 0 Å². The van der Waals surface area contributed by atoms with E-state index < -0.39 is 25.9 Å². The van der Waals surface area contributed by atoms with Crippen LogP contribution in [0, 0.1) is 13.8 Å². The van der Waals surface area contributed by atoms with E-state index in [4.69, 9.17) is 0 Å². The fraction of sp³-hybridized carbons (Fsp3) is 0.692. The fourth-order valence-electron chi connectivity index (χ4n) is 2.71. The zero-order chi connectivity index (χ0) is 15.8. The van der Waals surface area contributed by atoms with Crippen LogP contribution in [0.5, 0.6) is 0 Å². The normalized spacial score (nSPS) is 22.0. The van der Waals surface area contributed by atoms with Crippen LogP contribution in [0.1, 0.15) is 29.5 Å². The Balaban J connectivity index is 2.40. The number of hydrogen-bond acceptors (Lipinski definition) is 5. The average molecular weight is 352 g/mol. The average Bonchev–Trinajstić information content (AvgIpc) is 2.88. The molecule has 0 N–H and O–H groups in total. The standard InChI is InChI=1S/C13H21NO4S3/c1-4-6-14(12-5-7-20(15,16)9-12)21(17,18)13-8-10(2)19-11(13)3/h8,12H,4-7,9H2,1-3H3. The summed E-state index contributed by atoms with van der Waals surface area (Å²) in [6.07, 6.45) is 1.06. The molecule has 0 spiro atoms. The minimum Gasteiger partial charge on any atom is -0.229 e. The summed E-state index contributed by atoms with van der Waals surface area (Å²) in [7, 11) is -6.74. The monoisotopic (exact) mass is 351 g/mol. The summed E-state index contributed by atoms with van der Waals surface area (Å²) >= 11 is 1.45. The largest absolute Gasteiger partial charge is 0.244 e. The van der Waals surface area contributed by atoms with Gasteiger partial charge in [0.05, 0.1) is 16.4 Å². The molecule has 0 aromatic carbocycles. The van der Waals surface area contributed by atoms with Gasteiger partial charge >= 0.3 is 0 Å². The van der Waals surface area contributed by atoms with Gasteiger partial charge in [0.1, 0.15) is 0 Å². The molecule has 1 saturated heterocycles. The van der Waals surface area contributed by atoms with Gasteiger partial charge in [0.25, 0.3) is 0 Å². The second-order valence-corrected chi connectivity index (χ2v) is 11.0. The molecule has 120 valence electrons. The maximum absolute atomic E-state index is 12.9. The van der Waals surface area contributed by atoms with E-state index >= 15 is 0 Å². The number of sulfone groups is 1. The van der Waals surface area contributed by atoms with E-state index in [-0.39, 0.29) is 11.5 Å².